The Morgan fingerprint density at radius 1 is 1.30 bits per heavy atom. The van der Waals surface area contributed by atoms with E-state index in [1.54, 1.807) is 18.2 Å². The molecule has 5 heteroatoms. The van der Waals surface area contributed by atoms with Gasteiger partial charge >= 0.3 is 0 Å². The van der Waals surface area contributed by atoms with E-state index in [2.05, 4.69) is 5.32 Å². The fourth-order valence-electron chi connectivity index (χ4n) is 1.57. The van der Waals surface area contributed by atoms with Crippen LogP contribution >= 0.6 is 0 Å². The van der Waals surface area contributed by atoms with Crippen LogP contribution in [-0.2, 0) is 4.79 Å². The lowest BCUT2D eigenvalue weighted by atomic mass is 10.1. The third-order valence-corrected chi connectivity index (χ3v) is 2.95. The van der Waals surface area contributed by atoms with Crippen molar-refractivity contribution in [1.82, 2.24) is 5.32 Å². The second kappa shape index (κ2) is 7.53. The summed E-state index contributed by atoms with van der Waals surface area (Å²) in [6, 6.07) is 5.00. The molecule has 0 aliphatic rings. The topological polar surface area (TPSA) is 64.6 Å². The maximum Gasteiger partial charge on any atom is 0.258 e. The molecule has 0 saturated carbocycles. The number of carbonyl (C=O) groups excluding carboxylic acids is 2. The molecule has 0 unspecified atom stereocenters. The Morgan fingerprint density at radius 3 is 2.55 bits per heavy atom. The van der Waals surface area contributed by atoms with Crippen molar-refractivity contribution in [3.63, 3.8) is 0 Å². The Balaban J connectivity index is 2.68. The average Bonchev–Trinajstić information content (AvgIpc) is 2.44. The van der Waals surface area contributed by atoms with Gasteiger partial charge in [0.05, 0.1) is 7.11 Å². The van der Waals surface area contributed by atoms with Crippen molar-refractivity contribution in [2.75, 3.05) is 13.7 Å². The smallest absolute Gasteiger partial charge is 0.258 e. The lowest BCUT2D eigenvalue weighted by Gasteiger charge is -2.14. The van der Waals surface area contributed by atoms with E-state index >= 15 is 0 Å². The normalized spacial score (nSPS) is 11.6. The van der Waals surface area contributed by atoms with E-state index in [-0.39, 0.29) is 24.3 Å². The van der Waals surface area contributed by atoms with Crippen LogP contribution in [0.3, 0.4) is 0 Å². The monoisotopic (exact) mass is 279 g/mol. The zero-order valence-corrected chi connectivity index (χ0v) is 12.4. The first-order chi connectivity index (χ1) is 9.47. The summed E-state index contributed by atoms with van der Waals surface area (Å²) in [7, 11) is 1.49. The average molecular weight is 279 g/mol. The Kier molecular flexibility index (Phi) is 6.03. The number of rotatable bonds is 7. The van der Waals surface area contributed by atoms with Crippen molar-refractivity contribution in [3.8, 4) is 11.5 Å². The van der Waals surface area contributed by atoms with E-state index in [1.165, 1.54) is 14.0 Å². The zero-order chi connectivity index (χ0) is 15.1. The van der Waals surface area contributed by atoms with Crippen molar-refractivity contribution in [2.45, 2.75) is 33.2 Å². The van der Waals surface area contributed by atoms with Gasteiger partial charge in [0.2, 0.25) is 0 Å². The fraction of sp³-hybridized carbons (Fsp3) is 0.467. The number of benzene rings is 1. The molecular weight excluding hydrogens is 258 g/mol. The summed E-state index contributed by atoms with van der Waals surface area (Å²) in [6.45, 7) is 5.32. The van der Waals surface area contributed by atoms with Crippen LogP contribution in [0.1, 0.15) is 37.6 Å². The molecule has 5 nitrogen and oxygen atoms in total. The van der Waals surface area contributed by atoms with E-state index in [4.69, 9.17) is 9.47 Å². The molecule has 0 bridgehead atoms. The molecule has 0 radical (unpaired) electrons. The number of hydrogen-bond acceptors (Lipinski definition) is 4. The van der Waals surface area contributed by atoms with Crippen LogP contribution in [-0.4, -0.2) is 31.4 Å². The van der Waals surface area contributed by atoms with Gasteiger partial charge in [-0.05, 0) is 38.5 Å². The zero-order valence-electron chi connectivity index (χ0n) is 12.4. The molecule has 1 rings (SSSR count). The third-order valence-electron chi connectivity index (χ3n) is 2.95. The van der Waals surface area contributed by atoms with Crippen LogP contribution in [0, 0.1) is 0 Å². The molecule has 1 aromatic carbocycles. The summed E-state index contributed by atoms with van der Waals surface area (Å²) >= 11 is 0. The van der Waals surface area contributed by atoms with Gasteiger partial charge < -0.3 is 14.8 Å². The van der Waals surface area contributed by atoms with Crippen molar-refractivity contribution in [3.05, 3.63) is 23.8 Å². The van der Waals surface area contributed by atoms with Crippen LogP contribution in [0.2, 0.25) is 0 Å². The minimum absolute atomic E-state index is 0.0515. The predicted molar refractivity (Wildman–Crippen MR) is 76.4 cm³/mol. The molecule has 0 fully saturated rings. The van der Waals surface area contributed by atoms with E-state index in [0.717, 1.165) is 6.42 Å². The molecule has 20 heavy (non-hydrogen) atoms. The maximum atomic E-state index is 11.6. The quantitative estimate of drug-likeness (QED) is 0.777. The second-order valence-electron chi connectivity index (χ2n) is 4.59. The Hall–Kier alpha value is -2.04. The Morgan fingerprint density at radius 2 is 2.00 bits per heavy atom. The Bertz CT molecular complexity index is 485. The summed E-state index contributed by atoms with van der Waals surface area (Å²) in [5, 5.41) is 2.81. The molecule has 1 amide bonds. The van der Waals surface area contributed by atoms with Gasteiger partial charge in [-0.3, -0.25) is 9.59 Å². The van der Waals surface area contributed by atoms with E-state index in [9.17, 15) is 9.59 Å². The first-order valence-corrected chi connectivity index (χ1v) is 6.59. The lowest BCUT2D eigenvalue weighted by molar-refractivity contribution is -0.123. The van der Waals surface area contributed by atoms with Gasteiger partial charge in [-0.2, -0.15) is 0 Å². The van der Waals surface area contributed by atoms with Crippen LogP contribution in [0.4, 0.5) is 0 Å². The minimum atomic E-state index is -0.183. The number of ether oxygens (including phenoxy) is 2. The number of amides is 1. The maximum absolute atomic E-state index is 11.6. The summed E-state index contributed by atoms with van der Waals surface area (Å²) in [5.41, 5.74) is 0.540. The molecular formula is C15H21NO4. The molecule has 1 atom stereocenters. The van der Waals surface area contributed by atoms with Crippen molar-refractivity contribution in [1.29, 1.82) is 0 Å². The number of ketones is 1. The minimum Gasteiger partial charge on any atom is -0.493 e. The summed E-state index contributed by atoms with van der Waals surface area (Å²) in [4.78, 5) is 22.9. The van der Waals surface area contributed by atoms with Gasteiger partial charge in [0.15, 0.2) is 23.9 Å². The van der Waals surface area contributed by atoms with Crippen LogP contribution in [0.25, 0.3) is 0 Å². The van der Waals surface area contributed by atoms with Gasteiger partial charge in [0.1, 0.15) is 0 Å². The van der Waals surface area contributed by atoms with Crippen molar-refractivity contribution in [2.24, 2.45) is 0 Å². The Labute approximate surface area is 119 Å². The van der Waals surface area contributed by atoms with Gasteiger partial charge in [-0.1, -0.05) is 6.92 Å². The number of hydrogen-bond donors (Lipinski definition) is 1. The van der Waals surface area contributed by atoms with Gasteiger partial charge in [0.25, 0.3) is 5.91 Å². The molecule has 0 aromatic heterocycles. The highest BCUT2D eigenvalue weighted by atomic mass is 16.5. The SMILES string of the molecule is CC[C@H](C)NC(=O)COc1ccc(C(C)=O)cc1OC. The van der Waals surface area contributed by atoms with E-state index in [1.807, 2.05) is 13.8 Å². The van der Waals surface area contributed by atoms with Crippen molar-refractivity contribution < 1.29 is 19.1 Å². The molecule has 0 saturated heterocycles. The highest BCUT2D eigenvalue weighted by molar-refractivity contribution is 5.94. The predicted octanol–water partition coefficient (Wildman–Crippen LogP) is 2.19. The highest BCUT2D eigenvalue weighted by Gasteiger charge is 2.11. The molecule has 0 aliphatic heterocycles. The summed E-state index contributed by atoms with van der Waals surface area (Å²) in [5.74, 6) is 0.646. The summed E-state index contributed by atoms with van der Waals surface area (Å²) in [6.07, 6.45) is 0.863. The molecule has 110 valence electrons. The molecule has 0 heterocycles. The van der Waals surface area contributed by atoms with E-state index in [0.29, 0.717) is 17.1 Å². The first-order valence-electron chi connectivity index (χ1n) is 6.59. The number of Topliss-reactive ketones (excluding diaryl/α,β-unsaturated/α-hetero) is 1. The van der Waals surface area contributed by atoms with Crippen LogP contribution in [0.15, 0.2) is 18.2 Å². The lowest BCUT2D eigenvalue weighted by Crippen LogP contribution is -2.35. The van der Waals surface area contributed by atoms with Gasteiger partial charge in [-0.15, -0.1) is 0 Å². The van der Waals surface area contributed by atoms with E-state index < -0.39 is 0 Å². The molecule has 1 aromatic rings. The van der Waals surface area contributed by atoms with Crippen LogP contribution in [0.5, 0.6) is 11.5 Å². The van der Waals surface area contributed by atoms with Crippen LogP contribution < -0.4 is 14.8 Å². The molecule has 0 spiro atoms. The molecule has 0 aliphatic carbocycles. The first kappa shape index (κ1) is 16.0. The number of carbonyl (C=O) groups is 2. The van der Waals surface area contributed by atoms with Crippen molar-refractivity contribution >= 4 is 11.7 Å². The standard InChI is InChI=1S/C15H21NO4/c1-5-10(2)16-15(18)9-20-13-7-6-12(11(3)17)8-14(13)19-4/h6-8,10H,5,9H2,1-4H3,(H,16,18)/t10-/m0/s1. The number of nitrogens with one attached hydrogen (secondary N) is 1. The van der Waals surface area contributed by atoms with Gasteiger partial charge in [0, 0.05) is 11.6 Å². The van der Waals surface area contributed by atoms with Gasteiger partial charge in [-0.25, -0.2) is 0 Å². The number of methoxy groups -OCH3 is 1. The second-order valence-corrected chi connectivity index (χ2v) is 4.59. The third kappa shape index (κ3) is 4.57. The molecule has 1 N–H and O–H groups in total. The summed E-state index contributed by atoms with van der Waals surface area (Å²) < 4.78 is 10.6. The largest absolute Gasteiger partial charge is 0.493 e. The fourth-order valence-corrected chi connectivity index (χ4v) is 1.57. The highest BCUT2D eigenvalue weighted by Crippen LogP contribution is 2.28.